The summed E-state index contributed by atoms with van der Waals surface area (Å²) in [6, 6.07) is 4.84. The van der Waals surface area contributed by atoms with Crippen molar-refractivity contribution in [3.63, 3.8) is 0 Å². The molecule has 45 heavy (non-hydrogen) atoms. The molecule has 2 aliphatic rings. The number of nitrogen functional groups attached to an aromatic ring is 1. The first-order chi connectivity index (χ1) is 21.6. The summed E-state index contributed by atoms with van der Waals surface area (Å²) in [5.41, 5.74) is 7.61. The quantitative estimate of drug-likeness (QED) is 0.0532. The molecular formula is C27H30ClN8O7S2+. The maximum atomic E-state index is 13.3. The maximum Gasteiger partial charge on any atom is 0.352 e. The molecule has 2 amide bonds. The number of carboxylic acid groups (broad SMARTS) is 2. The van der Waals surface area contributed by atoms with Crippen LogP contribution in [0.4, 0.5) is 5.13 Å². The smallest absolute Gasteiger partial charge is 0.352 e. The summed E-state index contributed by atoms with van der Waals surface area (Å²) in [5.74, 6) is -3.54. The third kappa shape index (κ3) is 6.75. The van der Waals surface area contributed by atoms with Crippen molar-refractivity contribution < 1.29 is 38.8 Å². The third-order valence-electron chi connectivity index (χ3n) is 7.14. The molecule has 238 valence electrons. The lowest BCUT2D eigenvalue weighted by Crippen LogP contribution is -2.71. The Morgan fingerprint density at radius 2 is 2.11 bits per heavy atom. The van der Waals surface area contributed by atoms with E-state index in [1.165, 1.54) is 16.7 Å². The Bertz CT molecular complexity index is 1720. The van der Waals surface area contributed by atoms with E-state index in [0.717, 1.165) is 41.9 Å². The third-order valence-corrected chi connectivity index (χ3v) is 9.57. The van der Waals surface area contributed by atoms with E-state index in [1.807, 2.05) is 42.2 Å². The van der Waals surface area contributed by atoms with Crippen LogP contribution in [0.15, 0.2) is 47.0 Å². The predicted molar refractivity (Wildman–Crippen MR) is 167 cm³/mol. The average molecular weight is 678 g/mol. The Hall–Kier alpha value is -4.19. The predicted octanol–water partition coefficient (Wildman–Crippen LogP) is 0.865. The summed E-state index contributed by atoms with van der Waals surface area (Å²) < 4.78 is 4.15. The van der Waals surface area contributed by atoms with Gasteiger partial charge in [-0.05, 0) is 26.1 Å². The van der Waals surface area contributed by atoms with Gasteiger partial charge in [0.15, 0.2) is 23.6 Å². The number of amides is 2. The summed E-state index contributed by atoms with van der Waals surface area (Å²) in [4.78, 5) is 60.1. The number of nitrogens with one attached hydrogen (secondary N) is 2. The van der Waals surface area contributed by atoms with E-state index in [4.69, 9.17) is 27.3 Å². The summed E-state index contributed by atoms with van der Waals surface area (Å²) in [6.07, 6.45) is 4.46. The van der Waals surface area contributed by atoms with Crippen molar-refractivity contribution >= 4 is 80.3 Å². The van der Waals surface area contributed by atoms with Crippen LogP contribution >= 0.6 is 34.7 Å². The molecule has 3 aromatic heterocycles. The van der Waals surface area contributed by atoms with Gasteiger partial charge in [-0.1, -0.05) is 28.1 Å². The Morgan fingerprint density at radius 3 is 2.80 bits per heavy atom. The number of carbonyl (C=O) groups excluding carboxylic acids is 2. The number of pyridine rings is 1. The van der Waals surface area contributed by atoms with E-state index < -0.39 is 40.9 Å². The van der Waals surface area contributed by atoms with E-state index in [2.05, 4.69) is 25.3 Å². The number of carboxylic acids is 2. The molecule has 18 heteroatoms. The van der Waals surface area contributed by atoms with Gasteiger partial charge in [0.25, 0.3) is 11.8 Å². The molecule has 0 radical (unpaired) electrons. The van der Waals surface area contributed by atoms with Crippen molar-refractivity contribution in [1.82, 2.24) is 25.1 Å². The summed E-state index contributed by atoms with van der Waals surface area (Å²) in [6.45, 7) is 1.63. The fourth-order valence-corrected chi connectivity index (χ4v) is 7.36. The Morgan fingerprint density at radius 1 is 1.31 bits per heavy atom. The Labute approximate surface area is 269 Å². The fraction of sp³-hybridized carbons (Fsp3) is 0.370. The lowest BCUT2D eigenvalue weighted by atomic mass is 10.0. The summed E-state index contributed by atoms with van der Waals surface area (Å²) in [7, 11) is 1.91. The number of anilines is 1. The fourth-order valence-electron chi connectivity index (χ4n) is 5.09. The molecule has 0 saturated carbocycles. The number of oxime groups is 1. The number of halogens is 1. The van der Waals surface area contributed by atoms with Gasteiger partial charge in [-0.15, -0.1) is 11.8 Å². The van der Waals surface area contributed by atoms with E-state index in [-0.39, 0.29) is 40.4 Å². The summed E-state index contributed by atoms with van der Waals surface area (Å²) in [5, 5.41) is 27.9. The van der Waals surface area contributed by atoms with Crippen LogP contribution < -0.4 is 20.9 Å². The minimum atomic E-state index is -1.25. The standard InChI is InChI=1S/C27H29ClN8O7S2/c1-30-7-3-9-34-10-5-16-15(34)4-2-8-35(16)12-14-13-44-25-20(24(40)36(25)21(14)26(41)42)31-23(39)19(33-43-11-6-17(37)38)18-22(28)45-27(29)32-18/h2,4-5,8,10,20,25,30H,3,6-7,9,11-13H2,1H3,(H4-,29,31,32,37,38,39,41,42)/p+1. The van der Waals surface area contributed by atoms with Gasteiger partial charge in [0.2, 0.25) is 5.52 Å². The molecule has 0 bridgehead atoms. The van der Waals surface area contributed by atoms with Crippen LogP contribution in [-0.4, -0.2) is 91.5 Å². The number of hydrogen-bond acceptors (Lipinski definition) is 11. The van der Waals surface area contributed by atoms with Gasteiger partial charge in [-0.3, -0.25) is 19.3 Å². The van der Waals surface area contributed by atoms with E-state index in [0.29, 0.717) is 11.3 Å². The van der Waals surface area contributed by atoms with Gasteiger partial charge in [0.05, 0.1) is 6.42 Å². The SMILES string of the molecule is CNCCCn1ccc2c1ccc[n+]2CC1=C(C(=O)O)N2C(=O)C(NC(=O)C(=NOCCC(=O)O)c3nc(N)sc3Cl)C2SC1. The van der Waals surface area contributed by atoms with E-state index in [9.17, 15) is 24.3 Å². The topological polar surface area (TPSA) is 205 Å². The van der Waals surface area contributed by atoms with Crippen molar-refractivity contribution in [3.8, 4) is 0 Å². The molecule has 2 aliphatic heterocycles. The number of fused-ring (bicyclic) bond motifs is 2. The lowest BCUT2D eigenvalue weighted by molar-refractivity contribution is -0.663. The minimum Gasteiger partial charge on any atom is -0.481 e. The molecule has 1 fully saturated rings. The molecule has 0 spiro atoms. The molecule has 5 rings (SSSR count). The van der Waals surface area contributed by atoms with Crippen molar-refractivity contribution in [2.75, 3.05) is 31.7 Å². The Balaban J connectivity index is 1.35. The first kappa shape index (κ1) is 32.2. The van der Waals surface area contributed by atoms with Gasteiger partial charge >= 0.3 is 11.9 Å². The second kappa shape index (κ2) is 13.8. The second-order valence-corrected chi connectivity index (χ2v) is 12.8. The highest BCUT2D eigenvalue weighted by molar-refractivity contribution is 8.00. The molecule has 1 saturated heterocycles. The van der Waals surface area contributed by atoms with Crippen molar-refractivity contribution in [2.45, 2.75) is 37.3 Å². The molecule has 2 unspecified atom stereocenters. The largest absolute Gasteiger partial charge is 0.481 e. The minimum absolute atomic E-state index is 0.0402. The zero-order chi connectivity index (χ0) is 32.2. The first-order valence-electron chi connectivity index (χ1n) is 13.8. The lowest BCUT2D eigenvalue weighted by Gasteiger charge is -2.49. The maximum absolute atomic E-state index is 13.3. The van der Waals surface area contributed by atoms with Crippen LogP contribution in [0, 0.1) is 0 Å². The number of aromatic nitrogens is 3. The number of hydrogen-bond donors (Lipinski definition) is 5. The monoisotopic (exact) mass is 677 g/mol. The van der Waals surface area contributed by atoms with Crippen LogP contribution in [0.5, 0.6) is 0 Å². The zero-order valence-electron chi connectivity index (χ0n) is 23.9. The van der Waals surface area contributed by atoms with Gasteiger partial charge in [-0.25, -0.2) is 9.78 Å². The van der Waals surface area contributed by atoms with Crippen LogP contribution in [-0.2, 0) is 37.1 Å². The number of carbonyl (C=O) groups is 4. The summed E-state index contributed by atoms with van der Waals surface area (Å²) >= 11 is 8.40. The molecule has 3 aromatic rings. The highest BCUT2D eigenvalue weighted by Crippen LogP contribution is 2.40. The van der Waals surface area contributed by atoms with Crippen LogP contribution in [0.3, 0.4) is 0 Å². The number of β-lactam (4-membered cyclic amide) rings is 1. The number of aliphatic carboxylic acids is 2. The normalized spacial score (nSPS) is 18.1. The van der Waals surface area contributed by atoms with Gasteiger partial charge < -0.3 is 36.0 Å². The van der Waals surface area contributed by atoms with Crippen molar-refractivity contribution in [1.29, 1.82) is 0 Å². The van der Waals surface area contributed by atoms with Gasteiger partial charge in [-0.2, -0.15) is 4.57 Å². The van der Waals surface area contributed by atoms with Crippen LogP contribution in [0.25, 0.3) is 11.0 Å². The van der Waals surface area contributed by atoms with E-state index in [1.54, 1.807) is 0 Å². The highest BCUT2D eigenvalue weighted by Gasteiger charge is 2.55. The molecule has 0 aromatic carbocycles. The Kier molecular flexibility index (Phi) is 9.91. The van der Waals surface area contributed by atoms with Gasteiger partial charge in [0, 0.05) is 36.2 Å². The highest BCUT2D eigenvalue weighted by atomic mass is 35.5. The van der Waals surface area contributed by atoms with Crippen LogP contribution in [0.2, 0.25) is 4.34 Å². The van der Waals surface area contributed by atoms with Crippen LogP contribution in [0.1, 0.15) is 18.5 Å². The number of rotatable bonds is 14. The zero-order valence-corrected chi connectivity index (χ0v) is 26.3. The molecule has 2 atom stereocenters. The number of aryl methyl sites for hydroxylation is 1. The second-order valence-electron chi connectivity index (χ2n) is 10.1. The molecule has 15 nitrogen and oxygen atoms in total. The van der Waals surface area contributed by atoms with Crippen molar-refractivity contribution in [2.24, 2.45) is 5.16 Å². The first-order valence-corrected chi connectivity index (χ1v) is 16.0. The number of nitrogens with zero attached hydrogens (tertiary/aromatic N) is 5. The molecule has 6 N–H and O–H groups in total. The van der Waals surface area contributed by atoms with Crippen molar-refractivity contribution in [3.05, 3.63) is 51.9 Å². The molecule has 0 aliphatic carbocycles. The van der Waals surface area contributed by atoms with E-state index >= 15 is 0 Å². The number of thiazole rings is 1. The number of thioether (sulfide) groups is 1. The number of nitrogens with two attached hydrogens (primary N) is 1. The average Bonchev–Trinajstić information content (AvgIpc) is 3.57. The van der Waals surface area contributed by atoms with Gasteiger partial charge in [0.1, 0.15) is 39.3 Å². The molecular weight excluding hydrogens is 648 g/mol. The molecule has 5 heterocycles.